The van der Waals surface area contributed by atoms with Crippen LogP contribution in [0.15, 0.2) is 60.7 Å². The number of amides is 1. The fourth-order valence-electron chi connectivity index (χ4n) is 3.45. The molecule has 0 spiro atoms. The Bertz CT molecular complexity index is 975. The van der Waals surface area contributed by atoms with Crippen LogP contribution < -0.4 is 10.2 Å². The molecule has 0 aliphatic carbocycles. The minimum Gasteiger partial charge on any atom is -0.354 e. The molecule has 1 saturated heterocycles. The number of carbonyl (C=O) groups excluding carboxylic acids is 1. The molecule has 2 heterocycles. The highest BCUT2D eigenvalue weighted by atomic mass is 19.1. The summed E-state index contributed by atoms with van der Waals surface area (Å²) in [6, 6.07) is 15.6. The number of halogens is 2. The fraction of sp³-hybridized carbons (Fsp3) is 0.227. The second-order valence-electron chi connectivity index (χ2n) is 7.06. The largest absolute Gasteiger partial charge is 0.354 e. The number of nitrogens with one attached hydrogen (secondary N) is 1. The molecule has 0 unspecified atom stereocenters. The Hall–Kier alpha value is -3.35. The van der Waals surface area contributed by atoms with E-state index in [-0.39, 0.29) is 23.5 Å². The zero-order valence-corrected chi connectivity index (χ0v) is 15.7. The number of hydrogen-bond donors (Lipinski definition) is 1. The highest BCUT2D eigenvalue weighted by Gasteiger charge is 2.26. The van der Waals surface area contributed by atoms with Crippen LogP contribution >= 0.6 is 0 Å². The smallest absolute Gasteiger partial charge is 0.229 e. The van der Waals surface area contributed by atoms with Crippen molar-refractivity contribution in [3.05, 3.63) is 72.3 Å². The summed E-state index contributed by atoms with van der Waals surface area (Å²) >= 11 is 0. The monoisotopic (exact) mass is 394 g/mol. The Balaban J connectivity index is 1.41. The van der Waals surface area contributed by atoms with Crippen LogP contribution in [0.25, 0.3) is 11.3 Å². The number of carbonyl (C=O) groups is 1. The Morgan fingerprint density at radius 3 is 2.28 bits per heavy atom. The van der Waals surface area contributed by atoms with Gasteiger partial charge in [0.1, 0.15) is 11.6 Å². The maximum absolute atomic E-state index is 13.1. The van der Waals surface area contributed by atoms with Gasteiger partial charge in [-0.1, -0.05) is 0 Å². The van der Waals surface area contributed by atoms with Crippen LogP contribution in [0, 0.1) is 17.6 Å². The Morgan fingerprint density at radius 2 is 1.62 bits per heavy atom. The van der Waals surface area contributed by atoms with E-state index < -0.39 is 0 Å². The van der Waals surface area contributed by atoms with E-state index in [1.807, 2.05) is 17.0 Å². The van der Waals surface area contributed by atoms with Crippen LogP contribution in [-0.2, 0) is 4.79 Å². The first-order valence-electron chi connectivity index (χ1n) is 9.49. The molecular formula is C22H20F2N4O. The highest BCUT2D eigenvalue weighted by molar-refractivity contribution is 5.93. The van der Waals surface area contributed by atoms with Crippen molar-refractivity contribution in [1.82, 2.24) is 10.2 Å². The summed E-state index contributed by atoms with van der Waals surface area (Å²) in [7, 11) is 0. The van der Waals surface area contributed by atoms with E-state index >= 15 is 0 Å². The highest BCUT2D eigenvalue weighted by Crippen LogP contribution is 2.24. The molecule has 1 aromatic heterocycles. The summed E-state index contributed by atoms with van der Waals surface area (Å²) in [6.45, 7) is 1.34. The minimum absolute atomic E-state index is 0.0859. The minimum atomic E-state index is -0.338. The van der Waals surface area contributed by atoms with Gasteiger partial charge >= 0.3 is 0 Å². The summed E-state index contributed by atoms with van der Waals surface area (Å²) < 4.78 is 26.1. The van der Waals surface area contributed by atoms with Gasteiger partial charge < -0.3 is 10.2 Å². The van der Waals surface area contributed by atoms with E-state index in [9.17, 15) is 13.6 Å². The molecule has 5 nitrogen and oxygen atoms in total. The molecule has 1 fully saturated rings. The maximum atomic E-state index is 13.1. The molecule has 1 aliphatic heterocycles. The number of nitrogens with zero attached hydrogens (tertiary/aromatic N) is 3. The lowest BCUT2D eigenvalue weighted by Crippen LogP contribution is -2.41. The first kappa shape index (κ1) is 19.0. The van der Waals surface area contributed by atoms with Crippen molar-refractivity contribution in [2.24, 2.45) is 5.92 Å². The van der Waals surface area contributed by atoms with Gasteiger partial charge in [0.25, 0.3) is 0 Å². The topological polar surface area (TPSA) is 58.1 Å². The number of piperidine rings is 1. The predicted octanol–water partition coefficient (Wildman–Crippen LogP) is 4.28. The van der Waals surface area contributed by atoms with E-state index in [1.54, 1.807) is 24.3 Å². The SMILES string of the molecule is O=C(Nc1ccc(F)cc1)[C@H]1CCCN(c2ccc(-c3ccc(F)cc3)nn2)C1. The quantitative estimate of drug-likeness (QED) is 0.718. The maximum Gasteiger partial charge on any atom is 0.229 e. The fourth-order valence-corrected chi connectivity index (χ4v) is 3.45. The standard InChI is InChI=1S/C22H20F2N4O/c23-17-5-3-15(4-6-17)20-11-12-21(27-26-20)28-13-1-2-16(14-28)22(29)25-19-9-7-18(24)8-10-19/h3-12,16H,1-2,13-14H2,(H,25,29)/t16-/m0/s1. The van der Waals surface area contributed by atoms with Crippen molar-refractivity contribution in [1.29, 1.82) is 0 Å². The first-order chi connectivity index (χ1) is 14.1. The Kier molecular flexibility index (Phi) is 5.46. The second kappa shape index (κ2) is 8.34. The van der Waals surface area contributed by atoms with Gasteiger partial charge in [-0.2, -0.15) is 0 Å². The number of anilines is 2. The van der Waals surface area contributed by atoms with Crippen LogP contribution in [0.1, 0.15) is 12.8 Å². The molecule has 0 radical (unpaired) electrons. The third-order valence-electron chi connectivity index (χ3n) is 5.02. The van der Waals surface area contributed by atoms with Crippen LogP contribution in [0.2, 0.25) is 0 Å². The molecular weight excluding hydrogens is 374 g/mol. The van der Waals surface area contributed by atoms with Gasteiger partial charge in [0, 0.05) is 24.3 Å². The van der Waals surface area contributed by atoms with Gasteiger partial charge in [-0.25, -0.2) is 8.78 Å². The third kappa shape index (κ3) is 4.56. The molecule has 0 bridgehead atoms. The van der Waals surface area contributed by atoms with Crippen molar-refractivity contribution >= 4 is 17.4 Å². The van der Waals surface area contributed by atoms with E-state index in [1.165, 1.54) is 24.3 Å². The molecule has 1 amide bonds. The second-order valence-corrected chi connectivity index (χ2v) is 7.06. The molecule has 3 aromatic rings. The summed E-state index contributed by atoms with van der Waals surface area (Å²) in [5, 5.41) is 11.4. The molecule has 2 aromatic carbocycles. The van der Waals surface area contributed by atoms with Gasteiger partial charge in [0.2, 0.25) is 5.91 Å². The van der Waals surface area contributed by atoms with Crippen molar-refractivity contribution in [2.45, 2.75) is 12.8 Å². The number of benzene rings is 2. The average molecular weight is 394 g/mol. The van der Waals surface area contributed by atoms with Crippen LogP contribution in [0.4, 0.5) is 20.3 Å². The number of rotatable bonds is 4. The molecule has 0 saturated carbocycles. The number of hydrogen-bond acceptors (Lipinski definition) is 4. The van der Waals surface area contributed by atoms with Gasteiger partial charge in [0.15, 0.2) is 5.82 Å². The zero-order valence-electron chi connectivity index (χ0n) is 15.7. The van der Waals surface area contributed by atoms with Crippen LogP contribution in [0.5, 0.6) is 0 Å². The van der Waals surface area contributed by atoms with E-state index in [4.69, 9.17) is 0 Å². The lowest BCUT2D eigenvalue weighted by Gasteiger charge is -2.32. The molecule has 4 rings (SSSR count). The van der Waals surface area contributed by atoms with Gasteiger partial charge in [0.05, 0.1) is 11.6 Å². The van der Waals surface area contributed by atoms with E-state index in [2.05, 4.69) is 15.5 Å². The van der Waals surface area contributed by atoms with Crippen LogP contribution in [0.3, 0.4) is 0 Å². The van der Waals surface area contributed by atoms with E-state index in [0.717, 1.165) is 24.9 Å². The van der Waals surface area contributed by atoms with Gasteiger partial charge in [-0.15, -0.1) is 10.2 Å². The van der Waals surface area contributed by atoms with Crippen molar-refractivity contribution in [3.63, 3.8) is 0 Å². The number of aromatic nitrogens is 2. The molecule has 7 heteroatoms. The Labute approximate surface area is 167 Å². The lowest BCUT2D eigenvalue weighted by molar-refractivity contribution is -0.120. The van der Waals surface area contributed by atoms with Gasteiger partial charge in [-0.3, -0.25) is 4.79 Å². The summed E-state index contributed by atoms with van der Waals surface area (Å²) in [5.41, 5.74) is 2.04. The average Bonchev–Trinajstić information content (AvgIpc) is 2.76. The summed E-state index contributed by atoms with van der Waals surface area (Å²) in [4.78, 5) is 14.6. The van der Waals surface area contributed by atoms with Gasteiger partial charge in [-0.05, 0) is 73.5 Å². The first-order valence-corrected chi connectivity index (χ1v) is 9.49. The van der Waals surface area contributed by atoms with E-state index in [0.29, 0.717) is 23.7 Å². The zero-order chi connectivity index (χ0) is 20.2. The normalized spacial score (nSPS) is 16.5. The Morgan fingerprint density at radius 1 is 0.931 bits per heavy atom. The molecule has 148 valence electrons. The summed E-state index contributed by atoms with van der Waals surface area (Å²) in [6.07, 6.45) is 1.65. The molecule has 1 N–H and O–H groups in total. The molecule has 29 heavy (non-hydrogen) atoms. The van der Waals surface area contributed by atoms with Crippen molar-refractivity contribution in [3.8, 4) is 11.3 Å². The third-order valence-corrected chi connectivity index (χ3v) is 5.02. The van der Waals surface area contributed by atoms with Crippen LogP contribution in [-0.4, -0.2) is 29.2 Å². The molecule has 1 atom stereocenters. The lowest BCUT2D eigenvalue weighted by atomic mass is 9.97. The summed E-state index contributed by atoms with van der Waals surface area (Å²) in [5.74, 6) is -0.203. The van der Waals surface area contributed by atoms with Crippen molar-refractivity contribution in [2.75, 3.05) is 23.3 Å². The predicted molar refractivity (Wildman–Crippen MR) is 107 cm³/mol. The van der Waals surface area contributed by atoms with Crippen molar-refractivity contribution < 1.29 is 13.6 Å². The molecule has 1 aliphatic rings.